The van der Waals surface area contributed by atoms with Gasteiger partial charge in [-0.15, -0.1) is 0 Å². The summed E-state index contributed by atoms with van der Waals surface area (Å²) in [7, 11) is 0.809. The van der Waals surface area contributed by atoms with Crippen molar-refractivity contribution < 1.29 is 32.2 Å². The molecule has 110 valence electrons. The monoisotopic (exact) mass is 284 g/mol. The molecule has 0 saturated carbocycles. The minimum absolute atomic E-state index is 0.274. The van der Waals surface area contributed by atoms with Crippen LogP contribution >= 0.6 is 0 Å². The first kappa shape index (κ1) is 17.1. The number of nitrogens with one attached hydrogen (secondary N) is 2. The van der Waals surface area contributed by atoms with E-state index in [9.17, 15) is 22.8 Å². The van der Waals surface area contributed by atoms with Crippen molar-refractivity contribution in [2.24, 2.45) is 0 Å². The number of alkyl halides is 3. The van der Waals surface area contributed by atoms with Crippen molar-refractivity contribution in [1.29, 1.82) is 0 Å². The van der Waals surface area contributed by atoms with Crippen molar-refractivity contribution in [3.8, 4) is 0 Å². The summed E-state index contributed by atoms with van der Waals surface area (Å²) < 4.78 is 45.9. The molecule has 0 aliphatic carbocycles. The molecule has 0 unspecified atom stereocenters. The van der Waals surface area contributed by atoms with Gasteiger partial charge in [-0.3, -0.25) is 0 Å². The number of methoxy groups -OCH3 is 1. The second-order valence-electron chi connectivity index (χ2n) is 4.32. The van der Waals surface area contributed by atoms with E-state index in [1.807, 2.05) is 10.9 Å². The molecule has 0 aliphatic rings. The maximum absolute atomic E-state index is 12.4. The van der Waals surface area contributed by atoms with E-state index in [2.05, 4.69) is 4.74 Å². The highest BCUT2D eigenvalue weighted by atomic mass is 19.4. The molecule has 6 nitrogen and oxygen atoms in total. The van der Waals surface area contributed by atoms with Crippen LogP contribution in [0.4, 0.5) is 18.0 Å². The van der Waals surface area contributed by atoms with E-state index in [1.165, 1.54) is 0 Å². The summed E-state index contributed by atoms with van der Waals surface area (Å²) in [4.78, 5) is 22.0. The topological polar surface area (TPSA) is 76.7 Å². The Labute approximate surface area is 107 Å². The number of hydrazine groups is 1. The number of carbonyl (C=O) groups excluding carboxylic acids is 2. The Balaban J connectivity index is 4.58. The van der Waals surface area contributed by atoms with Crippen LogP contribution in [0.2, 0.25) is 0 Å². The van der Waals surface area contributed by atoms with Crippen LogP contribution in [0.1, 0.15) is 20.8 Å². The van der Waals surface area contributed by atoms with Gasteiger partial charge >= 0.3 is 18.2 Å². The lowest BCUT2D eigenvalue weighted by molar-refractivity contribution is -0.148. The summed E-state index contributed by atoms with van der Waals surface area (Å²) in [6.07, 6.45) is -5.62. The Bertz CT molecular complexity index is 372. The molecule has 2 N–H and O–H groups in total. The van der Waals surface area contributed by atoms with Gasteiger partial charge in [-0.05, 0) is 20.8 Å². The fourth-order valence-corrected chi connectivity index (χ4v) is 0.837. The molecule has 0 saturated heterocycles. The van der Waals surface area contributed by atoms with Gasteiger partial charge in [0, 0.05) is 6.20 Å². The predicted molar refractivity (Wildman–Crippen MR) is 58.7 cm³/mol. The zero-order valence-corrected chi connectivity index (χ0v) is 10.8. The summed E-state index contributed by atoms with van der Waals surface area (Å²) >= 11 is 0. The average molecular weight is 284 g/mol. The molecule has 1 amide bonds. The Morgan fingerprint density at radius 3 is 2.05 bits per heavy atom. The number of esters is 1. The van der Waals surface area contributed by atoms with E-state index in [4.69, 9.17) is 4.74 Å². The molecule has 0 heterocycles. The SMILES string of the molecule is COC(=O)/C(=C\NNC(=O)OC(C)(C)C)C(F)(F)F. The Kier molecular flexibility index (Phi) is 5.66. The van der Waals surface area contributed by atoms with Crippen LogP contribution in [0.5, 0.6) is 0 Å². The van der Waals surface area contributed by atoms with Gasteiger partial charge in [0.25, 0.3) is 0 Å². The third-order valence-corrected chi connectivity index (χ3v) is 1.50. The van der Waals surface area contributed by atoms with E-state index < -0.39 is 29.4 Å². The zero-order chi connectivity index (χ0) is 15.3. The second-order valence-corrected chi connectivity index (χ2v) is 4.32. The normalized spacial score (nSPS) is 12.7. The Morgan fingerprint density at radius 1 is 1.16 bits per heavy atom. The van der Waals surface area contributed by atoms with Crippen molar-refractivity contribution in [3.05, 3.63) is 11.8 Å². The van der Waals surface area contributed by atoms with E-state index in [1.54, 1.807) is 20.8 Å². The molecule has 0 aromatic heterocycles. The highest BCUT2D eigenvalue weighted by Gasteiger charge is 2.39. The fraction of sp³-hybridized carbons (Fsp3) is 0.600. The third-order valence-electron chi connectivity index (χ3n) is 1.50. The lowest BCUT2D eigenvalue weighted by Gasteiger charge is -2.19. The van der Waals surface area contributed by atoms with Crippen LogP contribution < -0.4 is 10.9 Å². The predicted octanol–water partition coefficient (Wildman–Crippen LogP) is 1.63. The van der Waals surface area contributed by atoms with Crippen LogP contribution in [0.25, 0.3) is 0 Å². The first-order valence-electron chi connectivity index (χ1n) is 5.07. The molecule has 0 bridgehead atoms. The fourth-order valence-electron chi connectivity index (χ4n) is 0.837. The van der Waals surface area contributed by atoms with Crippen LogP contribution in [0, 0.1) is 0 Å². The maximum Gasteiger partial charge on any atom is 0.426 e. The van der Waals surface area contributed by atoms with Gasteiger partial charge in [-0.2, -0.15) is 13.2 Å². The Hall–Kier alpha value is -1.93. The number of halogens is 3. The van der Waals surface area contributed by atoms with Crippen LogP contribution in [0.3, 0.4) is 0 Å². The highest BCUT2D eigenvalue weighted by Crippen LogP contribution is 2.25. The van der Waals surface area contributed by atoms with E-state index in [0.717, 1.165) is 7.11 Å². The first-order valence-corrected chi connectivity index (χ1v) is 5.07. The smallest absolute Gasteiger partial charge is 0.426 e. The van der Waals surface area contributed by atoms with Gasteiger partial charge in [-0.1, -0.05) is 0 Å². The number of amides is 1. The Morgan fingerprint density at radius 2 is 1.68 bits per heavy atom. The third kappa shape index (κ3) is 7.17. The zero-order valence-electron chi connectivity index (χ0n) is 10.8. The largest absolute Gasteiger partial charge is 0.465 e. The summed E-state index contributed by atoms with van der Waals surface area (Å²) in [5.74, 6) is -1.58. The molecule has 0 rings (SSSR count). The summed E-state index contributed by atoms with van der Waals surface area (Å²) in [6, 6.07) is 0. The standard InChI is InChI=1S/C10H15F3N2O4/c1-9(2,3)19-8(17)15-14-5-6(7(16)18-4)10(11,12)13/h5,14H,1-4H3,(H,15,17)/b6-5+. The lowest BCUT2D eigenvalue weighted by atomic mass is 10.2. The lowest BCUT2D eigenvalue weighted by Crippen LogP contribution is -2.39. The summed E-state index contributed by atoms with van der Waals surface area (Å²) in [5.41, 5.74) is 1.26. The molecule has 0 aromatic rings. The van der Waals surface area contributed by atoms with Gasteiger partial charge in [0.1, 0.15) is 5.60 Å². The summed E-state index contributed by atoms with van der Waals surface area (Å²) in [5, 5.41) is 0. The van der Waals surface area contributed by atoms with Crippen molar-refractivity contribution in [2.45, 2.75) is 32.5 Å². The van der Waals surface area contributed by atoms with E-state index in [-0.39, 0.29) is 6.20 Å². The van der Waals surface area contributed by atoms with Gasteiger partial charge < -0.3 is 14.9 Å². The minimum Gasteiger partial charge on any atom is -0.465 e. The van der Waals surface area contributed by atoms with Crippen LogP contribution in [0.15, 0.2) is 11.8 Å². The minimum atomic E-state index is -4.91. The second kappa shape index (κ2) is 6.30. The quantitative estimate of drug-likeness (QED) is 0.468. The van der Waals surface area contributed by atoms with Gasteiger partial charge in [0.2, 0.25) is 0 Å². The average Bonchev–Trinajstić information content (AvgIpc) is 2.19. The molecular weight excluding hydrogens is 269 g/mol. The highest BCUT2D eigenvalue weighted by molar-refractivity contribution is 5.89. The molecule has 0 aliphatic heterocycles. The number of carbonyl (C=O) groups is 2. The number of rotatable bonds is 3. The van der Waals surface area contributed by atoms with Crippen molar-refractivity contribution in [1.82, 2.24) is 10.9 Å². The van der Waals surface area contributed by atoms with Gasteiger partial charge in [0.05, 0.1) is 7.11 Å². The number of ether oxygens (including phenoxy) is 2. The van der Waals surface area contributed by atoms with Gasteiger partial charge in [0.15, 0.2) is 5.57 Å². The van der Waals surface area contributed by atoms with Crippen molar-refractivity contribution in [3.63, 3.8) is 0 Å². The molecule has 0 spiro atoms. The molecule has 19 heavy (non-hydrogen) atoms. The maximum atomic E-state index is 12.4. The van der Waals surface area contributed by atoms with Crippen LogP contribution in [-0.2, 0) is 14.3 Å². The number of hydrogen-bond donors (Lipinski definition) is 2. The molecule has 9 heteroatoms. The van der Waals surface area contributed by atoms with Crippen molar-refractivity contribution >= 4 is 12.1 Å². The van der Waals surface area contributed by atoms with Crippen LogP contribution in [-0.4, -0.2) is 30.9 Å². The molecule has 0 atom stereocenters. The molecule has 0 radical (unpaired) electrons. The number of hydrogen-bond acceptors (Lipinski definition) is 5. The summed E-state index contributed by atoms with van der Waals surface area (Å²) in [6.45, 7) is 4.74. The van der Waals surface area contributed by atoms with Gasteiger partial charge in [-0.25, -0.2) is 15.0 Å². The molecule has 0 aromatic carbocycles. The van der Waals surface area contributed by atoms with E-state index >= 15 is 0 Å². The van der Waals surface area contributed by atoms with Crippen molar-refractivity contribution in [2.75, 3.05) is 7.11 Å². The molecular formula is C10H15F3N2O4. The van der Waals surface area contributed by atoms with E-state index in [0.29, 0.717) is 0 Å². The molecule has 0 fully saturated rings. The first-order chi connectivity index (χ1) is 8.47.